The van der Waals surface area contributed by atoms with Gasteiger partial charge in [0.25, 0.3) is 0 Å². The second-order valence-corrected chi connectivity index (χ2v) is 4.15. The number of ether oxygens (including phenoxy) is 1. The minimum atomic E-state index is 0.731. The van der Waals surface area contributed by atoms with Crippen molar-refractivity contribution < 1.29 is 4.74 Å². The maximum Gasteiger partial charge on any atom is 0.0725 e. The van der Waals surface area contributed by atoms with Crippen LogP contribution in [0.25, 0.3) is 0 Å². The van der Waals surface area contributed by atoms with Gasteiger partial charge in [-0.15, -0.1) is 0 Å². The Morgan fingerprint density at radius 1 is 1.12 bits per heavy atom. The predicted octanol–water partition coefficient (Wildman–Crippen LogP) is 2.72. The first-order valence-electron chi connectivity index (χ1n) is 5.75. The molecule has 1 aliphatic rings. The van der Waals surface area contributed by atoms with Crippen LogP contribution >= 0.6 is 0 Å². The minimum absolute atomic E-state index is 0.731. The third-order valence-electron chi connectivity index (χ3n) is 2.92. The molecular weight excluding hydrogens is 212 g/mol. The fraction of sp³-hybridized carbons (Fsp3) is 0.214. The van der Waals surface area contributed by atoms with Crippen LogP contribution in [-0.4, -0.2) is 4.98 Å². The molecule has 3 nitrogen and oxygen atoms in total. The number of hydrogen-bond acceptors (Lipinski definition) is 3. The third kappa shape index (κ3) is 2.29. The molecule has 0 atom stereocenters. The fourth-order valence-corrected chi connectivity index (χ4v) is 1.98. The van der Waals surface area contributed by atoms with Gasteiger partial charge in [-0.2, -0.15) is 0 Å². The van der Waals surface area contributed by atoms with E-state index in [-0.39, 0.29) is 0 Å². The van der Waals surface area contributed by atoms with E-state index in [2.05, 4.69) is 28.5 Å². The van der Waals surface area contributed by atoms with Crippen molar-refractivity contribution in [3.63, 3.8) is 0 Å². The molecule has 2 aromatic rings. The standard InChI is InChI=1S/C14H14N2O/c1-2-6-15-14(3-1)8-16-13-5-4-11-9-17-10-12(11)7-13/h1-7,16H,8-10H2. The topological polar surface area (TPSA) is 34.1 Å². The summed E-state index contributed by atoms with van der Waals surface area (Å²) in [6, 6.07) is 12.3. The van der Waals surface area contributed by atoms with Crippen LogP contribution < -0.4 is 5.32 Å². The summed E-state index contributed by atoms with van der Waals surface area (Å²) in [4.78, 5) is 4.28. The number of fused-ring (bicyclic) bond motifs is 1. The summed E-state index contributed by atoms with van der Waals surface area (Å²) < 4.78 is 5.39. The lowest BCUT2D eigenvalue weighted by atomic mass is 10.1. The molecule has 1 N–H and O–H groups in total. The highest BCUT2D eigenvalue weighted by molar-refractivity contribution is 5.49. The van der Waals surface area contributed by atoms with Crippen molar-refractivity contribution in [2.24, 2.45) is 0 Å². The smallest absolute Gasteiger partial charge is 0.0725 e. The Balaban J connectivity index is 1.70. The molecule has 3 heteroatoms. The SMILES string of the molecule is c1ccc(CNc2ccc3c(c2)COC3)nc1. The highest BCUT2D eigenvalue weighted by atomic mass is 16.5. The van der Waals surface area contributed by atoms with Crippen molar-refractivity contribution >= 4 is 5.69 Å². The molecule has 17 heavy (non-hydrogen) atoms. The lowest BCUT2D eigenvalue weighted by molar-refractivity contribution is 0.134. The van der Waals surface area contributed by atoms with Gasteiger partial charge < -0.3 is 10.1 Å². The van der Waals surface area contributed by atoms with Gasteiger partial charge in [0.1, 0.15) is 0 Å². The Hall–Kier alpha value is -1.87. The van der Waals surface area contributed by atoms with Gasteiger partial charge in [-0.05, 0) is 35.4 Å². The fourth-order valence-electron chi connectivity index (χ4n) is 1.98. The van der Waals surface area contributed by atoms with Gasteiger partial charge in [0.2, 0.25) is 0 Å². The number of aromatic nitrogens is 1. The molecule has 2 heterocycles. The molecule has 0 radical (unpaired) electrons. The van der Waals surface area contributed by atoms with Crippen LogP contribution in [0.15, 0.2) is 42.6 Å². The molecule has 3 rings (SSSR count). The number of pyridine rings is 1. The summed E-state index contributed by atoms with van der Waals surface area (Å²) in [5.74, 6) is 0. The third-order valence-corrected chi connectivity index (χ3v) is 2.92. The second kappa shape index (κ2) is 4.55. The summed E-state index contributed by atoms with van der Waals surface area (Å²) in [6.07, 6.45) is 1.81. The average molecular weight is 226 g/mol. The molecule has 0 saturated heterocycles. The number of benzene rings is 1. The molecule has 0 amide bonds. The second-order valence-electron chi connectivity index (χ2n) is 4.15. The van der Waals surface area contributed by atoms with Crippen LogP contribution in [0.3, 0.4) is 0 Å². The molecule has 0 fully saturated rings. The summed E-state index contributed by atoms with van der Waals surface area (Å²) >= 11 is 0. The quantitative estimate of drug-likeness (QED) is 0.873. The zero-order valence-electron chi connectivity index (χ0n) is 9.52. The molecule has 1 aromatic heterocycles. The highest BCUT2D eigenvalue weighted by Gasteiger charge is 2.10. The van der Waals surface area contributed by atoms with Crippen LogP contribution in [0.2, 0.25) is 0 Å². The van der Waals surface area contributed by atoms with Gasteiger partial charge in [0, 0.05) is 11.9 Å². The Kier molecular flexibility index (Phi) is 2.76. The minimum Gasteiger partial charge on any atom is -0.379 e. The van der Waals surface area contributed by atoms with Gasteiger partial charge in [-0.25, -0.2) is 0 Å². The largest absolute Gasteiger partial charge is 0.379 e. The molecule has 1 aromatic carbocycles. The van der Waals surface area contributed by atoms with E-state index in [4.69, 9.17) is 4.74 Å². The average Bonchev–Trinajstić information content (AvgIpc) is 2.85. The van der Waals surface area contributed by atoms with Crippen LogP contribution in [-0.2, 0) is 24.5 Å². The molecule has 0 spiro atoms. The van der Waals surface area contributed by atoms with Gasteiger partial charge >= 0.3 is 0 Å². The predicted molar refractivity (Wildman–Crippen MR) is 66.5 cm³/mol. The number of nitrogens with zero attached hydrogens (tertiary/aromatic N) is 1. The van der Waals surface area contributed by atoms with Crippen LogP contribution in [0.5, 0.6) is 0 Å². The van der Waals surface area contributed by atoms with Gasteiger partial charge in [0.15, 0.2) is 0 Å². The number of hydrogen-bond donors (Lipinski definition) is 1. The van der Waals surface area contributed by atoms with E-state index in [1.54, 1.807) is 0 Å². The highest BCUT2D eigenvalue weighted by Crippen LogP contribution is 2.23. The van der Waals surface area contributed by atoms with Gasteiger partial charge in [-0.3, -0.25) is 4.98 Å². The molecule has 0 unspecified atom stereocenters. The summed E-state index contributed by atoms with van der Waals surface area (Å²) in [7, 11) is 0. The summed E-state index contributed by atoms with van der Waals surface area (Å²) in [5.41, 5.74) is 4.76. The van der Waals surface area contributed by atoms with Crippen LogP contribution in [0.1, 0.15) is 16.8 Å². The maximum absolute atomic E-state index is 5.39. The molecule has 86 valence electrons. The van der Waals surface area contributed by atoms with E-state index in [0.29, 0.717) is 0 Å². The first-order valence-corrected chi connectivity index (χ1v) is 5.75. The van der Waals surface area contributed by atoms with Crippen LogP contribution in [0, 0.1) is 0 Å². The summed E-state index contributed by atoms with van der Waals surface area (Å²) in [6.45, 7) is 2.23. The van der Waals surface area contributed by atoms with E-state index in [1.807, 2.05) is 24.4 Å². The molecule has 0 bridgehead atoms. The lowest BCUT2D eigenvalue weighted by Crippen LogP contribution is -2.01. The first-order chi connectivity index (χ1) is 8.42. The Morgan fingerprint density at radius 3 is 2.94 bits per heavy atom. The Morgan fingerprint density at radius 2 is 2.06 bits per heavy atom. The van der Waals surface area contributed by atoms with E-state index >= 15 is 0 Å². The van der Waals surface area contributed by atoms with Crippen molar-refractivity contribution in [3.05, 3.63) is 59.4 Å². The number of nitrogens with one attached hydrogen (secondary N) is 1. The van der Waals surface area contributed by atoms with E-state index < -0.39 is 0 Å². The van der Waals surface area contributed by atoms with Crippen molar-refractivity contribution in [1.29, 1.82) is 0 Å². The van der Waals surface area contributed by atoms with Crippen molar-refractivity contribution in [3.8, 4) is 0 Å². The van der Waals surface area contributed by atoms with E-state index in [1.165, 1.54) is 11.1 Å². The zero-order chi connectivity index (χ0) is 11.5. The maximum atomic E-state index is 5.39. The lowest BCUT2D eigenvalue weighted by Gasteiger charge is -2.07. The number of anilines is 1. The molecular formula is C14H14N2O. The molecule has 0 aliphatic carbocycles. The first kappa shape index (κ1) is 10.3. The summed E-state index contributed by atoms with van der Waals surface area (Å²) in [5, 5.41) is 3.37. The van der Waals surface area contributed by atoms with E-state index in [9.17, 15) is 0 Å². The molecule has 1 aliphatic heterocycles. The van der Waals surface area contributed by atoms with E-state index in [0.717, 1.165) is 31.1 Å². The van der Waals surface area contributed by atoms with Crippen molar-refractivity contribution in [1.82, 2.24) is 4.98 Å². The van der Waals surface area contributed by atoms with Gasteiger partial charge in [0.05, 0.1) is 25.5 Å². The Labute approximate surface area is 100 Å². The molecule has 0 saturated carbocycles. The zero-order valence-corrected chi connectivity index (χ0v) is 9.52. The van der Waals surface area contributed by atoms with Gasteiger partial charge in [-0.1, -0.05) is 12.1 Å². The van der Waals surface area contributed by atoms with Crippen LogP contribution in [0.4, 0.5) is 5.69 Å². The van der Waals surface area contributed by atoms with Crippen molar-refractivity contribution in [2.75, 3.05) is 5.32 Å². The van der Waals surface area contributed by atoms with Crippen molar-refractivity contribution in [2.45, 2.75) is 19.8 Å². The Bertz CT molecular complexity index is 511. The number of rotatable bonds is 3. The normalized spacial score (nSPS) is 13.4. The monoisotopic (exact) mass is 226 g/mol.